The van der Waals surface area contributed by atoms with Gasteiger partial charge in [0.1, 0.15) is 5.82 Å². The maximum Gasteiger partial charge on any atom is 0.306 e. The number of halogens is 1. The lowest BCUT2D eigenvalue weighted by molar-refractivity contribution is -0.141. The van der Waals surface area contributed by atoms with E-state index in [-0.39, 0.29) is 24.8 Å². The molecule has 4 N–H and O–H groups in total. The number of rotatable bonds is 8. The first-order valence-electron chi connectivity index (χ1n) is 6.08. The molecule has 20 heavy (non-hydrogen) atoms. The summed E-state index contributed by atoms with van der Waals surface area (Å²) in [7, 11) is -1.52. The summed E-state index contributed by atoms with van der Waals surface area (Å²) in [5.74, 6) is -2.76. The minimum absolute atomic E-state index is 0.0172. The number of carboxylic acids is 1. The number of carboxylic acid groups (broad SMARTS) is 1. The molecule has 0 heterocycles. The smallest absolute Gasteiger partial charge is 0.306 e. The van der Waals surface area contributed by atoms with Crippen molar-refractivity contribution in [3.05, 3.63) is 35.6 Å². The summed E-state index contributed by atoms with van der Waals surface area (Å²) in [6.07, 6.45) is 0.495. The monoisotopic (exact) mass is 301 g/mol. The van der Waals surface area contributed by atoms with E-state index < -0.39 is 25.9 Å². The van der Waals surface area contributed by atoms with Crippen LogP contribution in [0.1, 0.15) is 18.4 Å². The number of primary amides is 1. The molecule has 1 amide bonds. The van der Waals surface area contributed by atoms with E-state index in [4.69, 9.17) is 10.8 Å². The Bertz CT molecular complexity index is 466. The predicted molar refractivity (Wildman–Crippen MR) is 73.7 cm³/mol. The maximum atomic E-state index is 12.7. The van der Waals surface area contributed by atoms with Crippen molar-refractivity contribution in [2.45, 2.75) is 19.0 Å². The molecule has 0 aromatic heterocycles. The SMILES string of the molecule is NC(=O)CCC(CP(O)Cc1ccc(F)cc1)C(=O)O. The zero-order valence-corrected chi connectivity index (χ0v) is 11.7. The van der Waals surface area contributed by atoms with Gasteiger partial charge in [-0.2, -0.15) is 0 Å². The van der Waals surface area contributed by atoms with Crippen molar-refractivity contribution < 1.29 is 24.0 Å². The number of hydrogen-bond donors (Lipinski definition) is 3. The van der Waals surface area contributed by atoms with E-state index in [2.05, 4.69) is 0 Å². The molecule has 0 aliphatic heterocycles. The third-order valence-corrected chi connectivity index (χ3v) is 4.39. The molecule has 110 valence electrons. The molecular formula is C13H17FNO4P. The Balaban J connectivity index is 2.52. The van der Waals surface area contributed by atoms with Crippen LogP contribution in [-0.2, 0) is 15.8 Å². The van der Waals surface area contributed by atoms with E-state index >= 15 is 0 Å². The first-order chi connectivity index (χ1) is 9.38. The van der Waals surface area contributed by atoms with Gasteiger partial charge >= 0.3 is 5.97 Å². The second kappa shape index (κ2) is 7.92. The fourth-order valence-electron chi connectivity index (χ4n) is 1.73. The van der Waals surface area contributed by atoms with Crippen molar-refractivity contribution in [3.63, 3.8) is 0 Å². The van der Waals surface area contributed by atoms with Crippen molar-refractivity contribution in [1.29, 1.82) is 0 Å². The summed E-state index contributed by atoms with van der Waals surface area (Å²) in [4.78, 5) is 31.7. The normalized spacial score (nSPS) is 13.7. The quantitative estimate of drug-likeness (QED) is 0.636. The minimum atomic E-state index is -1.52. The number of hydrogen-bond acceptors (Lipinski definition) is 3. The van der Waals surface area contributed by atoms with E-state index in [0.29, 0.717) is 6.16 Å². The van der Waals surface area contributed by atoms with Crippen molar-refractivity contribution in [3.8, 4) is 0 Å². The van der Waals surface area contributed by atoms with Gasteiger partial charge in [-0.25, -0.2) is 4.39 Å². The van der Waals surface area contributed by atoms with Crippen molar-refractivity contribution in [1.82, 2.24) is 0 Å². The molecule has 2 atom stereocenters. The maximum absolute atomic E-state index is 12.7. The van der Waals surface area contributed by atoms with Crippen LogP contribution in [0, 0.1) is 11.7 Å². The van der Waals surface area contributed by atoms with Crippen LogP contribution < -0.4 is 5.73 Å². The molecule has 1 aromatic carbocycles. The Morgan fingerprint density at radius 1 is 1.30 bits per heavy atom. The van der Waals surface area contributed by atoms with E-state index in [9.17, 15) is 18.9 Å². The summed E-state index contributed by atoms with van der Waals surface area (Å²) in [6.45, 7) is 0. The molecule has 0 radical (unpaired) electrons. The van der Waals surface area contributed by atoms with Crippen molar-refractivity contribution >= 4 is 20.0 Å². The van der Waals surface area contributed by atoms with Gasteiger partial charge in [-0.3, -0.25) is 9.59 Å². The van der Waals surface area contributed by atoms with Crippen LogP contribution in [0.5, 0.6) is 0 Å². The molecule has 2 unspecified atom stereocenters. The lowest BCUT2D eigenvalue weighted by atomic mass is 10.1. The fraction of sp³-hybridized carbons (Fsp3) is 0.385. The zero-order valence-electron chi connectivity index (χ0n) is 10.8. The van der Waals surface area contributed by atoms with E-state index in [0.717, 1.165) is 5.56 Å². The number of carbonyl (C=O) groups is 2. The van der Waals surface area contributed by atoms with Gasteiger partial charge in [0.25, 0.3) is 0 Å². The van der Waals surface area contributed by atoms with E-state index in [1.807, 2.05) is 0 Å². The Morgan fingerprint density at radius 3 is 2.40 bits per heavy atom. The van der Waals surface area contributed by atoms with Crippen LogP contribution in [0.25, 0.3) is 0 Å². The molecule has 0 aliphatic rings. The third-order valence-electron chi connectivity index (χ3n) is 2.80. The molecule has 5 nitrogen and oxygen atoms in total. The largest absolute Gasteiger partial charge is 0.481 e. The molecule has 0 spiro atoms. The Hall–Kier alpha value is -1.52. The van der Waals surface area contributed by atoms with Crippen LogP contribution in [0.4, 0.5) is 4.39 Å². The second-order valence-corrected chi connectivity index (χ2v) is 6.21. The predicted octanol–water partition coefficient (Wildman–Crippen LogP) is 1.68. The van der Waals surface area contributed by atoms with Crippen LogP contribution in [0.15, 0.2) is 24.3 Å². The Labute approximate surface area is 117 Å². The van der Waals surface area contributed by atoms with Gasteiger partial charge in [0.15, 0.2) is 0 Å². The Morgan fingerprint density at radius 2 is 1.90 bits per heavy atom. The van der Waals surface area contributed by atoms with Crippen molar-refractivity contribution in [2.75, 3.05) is 6.16 Å². The van der Waals surface area contributed by atoms with Gasteiger partial charge in [-0.05, 0) is 24.1 Å². The lowest BCUT2D eigenvalue weighted by Crippen LogP contribution is -2.21. The van der Waals surface area contributed by atoms with E-state index in [1.54, 1.807) is 12.1 Å². The van der Waals surface area contributed by atoms with Crippen LogP contribution in [-0.4, -0.2) is 28.0 Å². The molecular weight excluding hydrogens is 284 g/mol. The standard InChI is InChI=1S/C13H17FNO4P/c14-11-4-1-9(2-5-11)7-20(19)8-10(13(17)18)3-6-12(15)16/h1-2,4-5,10,19H,3,6-8H2,(H2,15,16)(H,17,18). The number of benzene rings is 1. The minimum Gasteiger partial charge on any atom is -0.481 e. The summed E-state index contributed by atoms with van der Waals surface area (Å²) >= 11 is 0. The van der Waals surface area contributed by atoms with Crippen molar-refractivity contribution in [2.24, 2.45) is 11.7 Å². The first kappa shape index (κ1) is 16.5. The highest BCUT2D eigenvalue weighted by Crippen LogP contribution is 2.38. The zero-order chi connectivity index (χ0) is 15.1. The van der Waals surface area contributed by atoms with Gasteiger partial charge in [-0.15, -0.1) is 0 Å². The average molecular weight is 301 g/mol. The first-order valence-corrected chi connectivity index (χ1v) is 7.74. The lowest BCUT2D eigenvalue weighted by Gasteiger charge is -2.16. The van der Waals surface area contributed by atoms with Crippen LogP contribution >= 0.6 is 8.15 Å². The molecule has 0 saturated heterocycles. The number of carbonyl (C=O) groups excluding carboxylic acids is 1. The van der Waals surface area contributed by atoms with Gasteiger partial charge in [0.05, 0.1) is 5.92 Å². The highest BCUT2D eigenvalue weighted by atomic mass is 31.1. The molecule has 1 aromatic rings. The van der Waals surface area contributed by atoms with Gasteiger partial charge < -0.3 is 15.7 Å². The fourth-order valence-corrected chi connectivity index (χ4v) is 3.34. The highest BCUT2D eigenvalue weighted by molar-refractivity contribution is 7.50. The average Bonchev–Trinajstić information content (AvgIpc) is 2.36. The van der Waals surface area contributed by atoms with Gasteiger partial charge in [0.2, 0.25) is 5.91 Å². The topological polar surface area (TPSA) is 101 Å². The molecule has 7 heteroatoms. The van der Waals surface area contributed by atoms with E-state index in [1.165, 1.54) is 12.1 Å². The molecule has 1 rings (SSSR count). The molecule has 0 fully saturated rings. The summed E-state index contributed by atoms with van der Waals surface area (Å²) < 4.78 is 12.7. The molecule has 0 saturated carbocycles. The highest BCUT2D eigenvalue weighted by Gasteiger charge is 2.22. The number of amides is 1. The molecule has 0 aliphatic carbocycles. The van der Waals surface area contributed by atoms with Gasteiger partial charge in [-0.1, -0.05) is 12.1 Å². The van der Waals surface area contributed by atoms with Gasteiger partial charge in [0, 0.05) is 26.9 Å². The Kier molecular flexibility index (Phi) is 6.55. The summed E-state index contributed by atoms with van der Waals surface area (Å²) in [5.41, 5.74) is 5.73. The number of nitrogens with two attached hydrogens (primary N) is 1. The number of aliphatic carboxylic acids is 1. The summed E-state index contributed by atoms with van der Waals surface area (Å²) in [6, 6.07) is 5.70. The third kappa shape index (κ3) is 6.08. The van der Waals surface area contributed by atoms with Crippen LogP contribution in [0.3, 0.4) is 0 Å². The molecule has 0 bridgehead atoms. The van der Waals surface area contributed by atoms with Crippen LogP contribution in [0.2, 0.25) is 0 Å². The second-order valence-electron chi connectivity index (χ2n) is 4.51. The summed E-state index contributed by atoms with van der Waals surface area (Å²) in [5, 5.41) is 9.04.